The summed E-state index contributed by atoms with van der Waals surface area (Å²) in [6.07, 6.45) is 1.26. The monoisotopic (exact) mass is 222 g/mol. The first-order valence-corrected chi connectivity index (χ1v) is 6.79. The van der Waals surface area contributed by atoms with Gasteiger partial charge in [0.25, 0.3) is 0 Å². The van der Waals surface area contributed by atoms with Crippen molar-refractivity contribution in [1.82, 2.24) is 9.21 Å². The van der Waals surface area contributed by atoms with Crippen molar-refractivity contribution < 1.29 is 8.42 Å². The minimum atomic E-state index is -3.03. The topological polar surface area (TPSA) is 40.6 Å². The van der Waals surface area contributed by atoms with Gasteiger partial charge in [0.1, 0.15) is 0 Å². The third kappa shape index (κ3) is 4.93. The molecule has 14 heavy (non-hydrogen) atoms. The van der Waals surface area contributed by atoms with Crippen LogP contribution >= 0.6 is 0 Å². The van der Waals surface area contributed by atoms with Crippen molar-refractivity contribution in [2.24, 2.45) is 0 Å². The Kier molecular flexibility index (Phi) is 5.63. The minimum Gasteiger partial charge on any atom is -0.303 e. The molecule has 0 saturated heterocycles. The van der Waals surface area contributed by atoms with Crippen molar-refractivity contribution >= 4 is 10.0 Å². The molecular formula is C9H22N2O2S. The lowest BCUT2D eigenvalue weighted by Crippen LogP contribution is -2.38. The molecular weight excluding hydrogens is 200 g/mol. The van der Waals surface area contributed by atoms with Crippen LogP contribution in [0.15, 0.2) is 0 Å². The average molecular weight is 222 g/mol. The highest BCUT2D eigenvalue weighted by Crippen LogP contribution is 1.99. The van der Waals surface area contributed by atoms with Crippen LogP contribution in [0.1, 0.15) is 20.8 Å². The lowest BCUT2D eigenvalue weighted by atomic mass is 10.3. The summed E-state index contributed by atoms with van der Waals surface area (Å²) >= 11 is 0. The van der Waals surface area contributed by atoms with Gasteiger partial charge < -0.3 is 4.90 Å². The fourth-order valence-corrected chi connectivity index (χ4v) is 1.97. The van der Waals surface area contributed by atoms with Crippen LogP contribution in [0.2, 0.25) is 0 Å². The number of likely N-dealkylation sites (N-methyl/N-ethyl adjacent to an activating group) is 2. The summed E-state index contributed by atoms with van der Waals surface area (Å²) in [5.41, 5.74) is 0. The third-order valence-electron chi connectivity index (χ3n) is 2.41. The molecule has 4 nitrogen and oxygen atoms in total. The van der Waals surface area contributed by atoms with Gasteiger partial charge in [-0.15, -0.1) is 0 Å². The van der Waals surface area contributed by atoms with Crippen molar-refractivity contribution in [3.05, 3.63) is 0 Å². The molecule has 0 aliphatic carbocycles. The number of nitrogens with zero attached hydrogens (tertiary/aromatic N) is 2. The molecule has 86 valence electrons. The fourth-order valence-electron chi connectivity index (χ4n) is 1.09. The molecule has 0 radical (unpaired) electrons. The molecule has 0 aromatic carbocycles. The van der Waals surface area contributed by atoms with Gasteiger partial charge in [-0.3, -0.25) is 0 Å². The van der Waals surface area contributed by atoms with Crippen LogP contribution in [0.4, 0.5) is 0 Å². The molecule has 0 atom stereocenters. The quantitative estimate of drug-likeness (QED) is 0.661. The van der Waals surface area contributed by atoms with Crippen molar-refractivity contribution in [3.63, 3.8) is 0 Å². The molecule has 0 aliphatic heterocycles. The van der Waals surface area contributed by atoms with Gasteiger partial charge in [-0.1, -0.05) is 6.92 Å². The predicted molar refractivity (Wildman–Crippen MR) is 59.9 cm³/mol. The van der Waals surface area contributed by atoms with E-state index in [9.17, 15) is 8.42 Å². The summed E-state index contributed by atoms with van der Waals surface area (Å²) in [7, 11) is -1.03. The highest BCUT2D eigenvalue weighted by Gasteiger charge is 2.14. The van der Waals surface area contributed by atoms with Crippen LogP contribution in [-0.2, 0) is 10.0 Å². The van der Waals surface area contributed by atoms with Crippen molar-refractivity contribution in [2.75, 3.05) is 32.9 Å². The highest BCUT2D eigenvalue weighted by atomic mass is 32.2. The highest BCUT2D eigenvalue weighted by molar-refractivity contribution is 7.88. The van der Waals surface area contributed by atoms with Gasteiger partial charge in [0.2, 0.25) is 10.0 Å². The Morgan fingerprint density at radius 1 is 1.21 bits per heavy atom. The zero-order chi connectivity index (χ0) is 11.4. The molecule has 0 rings (SSSR count). The summed E-state index contributed by atoms with van der Waals surface area (Å²) in [4.78, 5) is 2.13. The lowest BCUT2D eigenvalue weighted by Gasteiger charge is -2.25. The fraction of sp³-hybridized carbons (Fsp3) is 1.00. The number of sulfonamides is 1. The predicted octanol–water partition coefficient (Wildman–Crippen LogP) is 0.608. The van der Waals surface area contributed by atoms with Crippen LogP contribution in [0.25, 0.3) is 0 Å². The molecule has 0 aliphatic rings. The summed E-state index contributed by atoms with van der Waals surface area (Å²) in [6.45, 7) is 7.94. The molecule has 0 unspecified atom stereocenters. The summed E-state index contributed by atoms with van der Waals surface area (Å²) in [5, 5.41) is 0. The number of hydrogen-bond acceptors (Lipinski definition) is 3. The Labute approximate surface area is 87.9 Å². The van der Waals surface area contributed by atoms with Gasteiger partial charge in [0.15, 0.2) is 0 Å². The molecule has 5 heteroatoms. The first-order chi connectivity index (χ1) is 6.29. The maximum absolute atomic E-state index is 11.3. The number of rotatable bonds is 6. The maximum Gasteiger partial charge on any atom is 0.211 e. The summed E-state index contributed by atoms with van der Waals surface area (Å²) < 4.78 is 24.0. The van der Waals surface area contributed by atoms with Crippen LogP contribution in [0, 0.1) is 0 Å². The Morgan fingerprint density at radius 3 is 2.00 bits per heavy atom. The Balaban J connectivity index is 4.10. The van der Waals surface area contributed by atoms with E-state index in [1.54, 1.807) is 0 Å². The van der Waals surface area contributed by atoms with Gasteiger partial charge >= 0.3 is 0 Å². The molecule has 0 amide bonds. The van der Waals surface area contributed by atoms with E-state index in [0.29, 0.717) is 19.1 Å². The summed E-state index contributed by atoms with van der Waals surface area (Å²) in [5.74, 6) is 0. The first-order valence-electron chi connectivity index (χ1n) is 4.94. The van der Waals surface area contributed by atoms with Gasteiger partial charge in [0, 0.05) is 25.7 Å². The average Bonchev–Trinajstić information content (AvgIpc) is 2.02. The van der Waals surface area contributed by atoms with E-state index in [1.165, 1.54) is 10.6 Å². The zero-order valence-corrected chi connectivity index (χ0v) is 10.6. The van der Waals surface area contributed by atoms with E-state index in [0.717, 1.165) is 6.54 Å². The Bertz CT molecular complexity index is 250. The van der Waals surface area contributed by atoms with Crippen LogP contribution in [-0.4, -0.2) is 56.6 Å². The lowest BCUT2D eigenvalue weighted by molar-refractivity contribution is 0.251. The van der Waals surface area contributed by atoms with E-state index >= 15 is 0 Å². The smallest absolute Gasteiger partial charge is 0.211 e. The SMILES string of the molecule is CCN(CCN(C)C(C)C)S(C)(=O)=O. The van der Waals surface area contributed by atoms with Gasteiger partial charge in [-0.2, -0.15) is 0 Å². The van der Waals surface area contributed by atoms with Gasteiger partial charge in [0.05, 0.1) is 6.26 Å². The normalized spacial score (nSPS) is 13.1. The van der Waals surface area contributed by atoms with Crippen LogP contribution < -0.4 is 0 Å². The standard InChI is InChI=1S/C9H22N2O2S/c1-6-11(14(5,12)13)8-7-10(4)9(2)3/h9H,6-8H2,1-5H3. The third-order valence-corrected chi connectivity index (χ3v) is 3.78. The Hall–Kier alpha value is -0.130. The van der Waals surface area contributed by atoms with Crippen LogP contribution in [0.3, 0.4) is 0 Å². The van der Waals surface area contributed by atoms with Crippen LogP contribution in [0.5, 0.6) is 0 Å². The van der Waals surface area contributed by atoms with E-state index in [2.05, 4.69) is 18.7 Å². The van der Waals surface area contributed by atoms with Crippen molar-refractivity contribution in [2.45, 2.75) is 26.8 Å². The molecule has 0 aromatic heterocycles. The molecule has 0 heterocycles. The molecule has 0 saturated carbocycles. The minimum absolute atomic E-state index is 0.452. The summed E-state index contributed by atoms with van der Waals surface area (Å²) in [6, 6.07) is 0.452. The second-order valence-corrected chi connectivity index (χ2v) is 5.81. The Morgan fingerprint density at radius 2 is 1.71 bits per heavy atom. The zero-order valence-electron chi connectivity index (χ0n) is 9.82. The van der Waals surface area contributed by atoms with E-state index in [-0.39, 0.29) is 0 Å². The molecule has 0 aromatic rings. The van der Waals surface area contributed by atoms with Gasteiger partial charge in [-0.05, 0) is 20.9 Å². The largest absolute Gasteiger partial charge is 0.303 e. The molecule has 0 fully saturated rings. The van der Waals surface area contributed by atoms with Crippen molar-refractivity contribution in [1.29, 1.82) is 0 Å². The molecule has 0 N–H and O–H groups in total. The maximum atomic E-state index is 11.3. The molecule has 0 spiro atoms. The second-order valence-electron chi connectivity index (χ2n) is 3.83. The second kappa shape index (κ2) is 5.68. The van der Waals surface area contributed by atoms with E-state index in [1.807, 2.05) is 14.0 Å². The molecule has 0 bridgehead atoms. The van der Waals surface area contributed by atoms with Gasteiger partial charge in [-0.25, -0.2) is 12.7 Å². The number of hydrogen-bond donors (Lipinski definition) is 0. The van der Waals surface area contributed by atoms with E-state index < -0.39 is 10.0 Å². The van der Waals surface area contributed by atoms with E-state index in [4.69, 9.17) is 0 Å². The first kappa shape index (κ1) is 13.9. The van der Waals surface area contributed by atoms with Crippen molar-refractivity contribution in [3.8, 4) is 0 Å².